The lowest BCUT2D eigenvalue weighted by Crippen LogP contribution is -2.36. The van der Waals surface area contributed by atoms with E-state index in [1.807, 2.05) is 35.2 Å². The fraction of sp³-hybridized carbons (Fsp3) is 0.318. The van der Waals surface area contributed by atoms with Gasteiger partial charge in [0.05, 0.1) is 6.04 Å². The number of amides is 1. The van der Waals surface area contributed by atoms with Gasteiger partial charge in [-0.3, -0.25) is 4.79 Å². The van der Waals surface area contributed by atoms with E-state index in [4.69, 9.17) is 16.1 Å². The Kier molecular flexibility index (Phi) is 5.44. The van der Waals surface area contributed by atoms with Crippen molar-refractivity contribution in [2.75, 3.05) is 6.54 Å². The maximum atomic E-state index is 12.9. The minimum Gasteiger partial charge on any atom is -0.339 e. The summed E-state index contributed by atoms with van der Waals surface area (Å²) in [4.78, 5) is 19.3. The SMILES string of the molecule is C[C@@H](c1ccccc1)N(CCc1nc(-c2cccc(Cl)c2)no1)C(=O)C1CC1. The molecule has 1 atom stereocenters. The summed E-state index contributed by atoms with van der Waals surface area (Å²) >= 11 is 6.04. The summed E-state index contributed by atoms with van der Waals surface area (Å²) in [5.74, 6) is 1.40. The molecule has 0 radical (unpaired) electrons. The maximum Gasteiger partial charge on any atom is 0.228 e. The van der Waals surface area contributed by atoms with E-state index in [9.17, 15) is 4.79 Å². The average Bonchev–Trinajstić information content (AvgIpc) is 3.46. The summed E-state index contributed by atoms with van der Waals surface area (Å²) in [5, 5.41) is 4.68. The van der Waals surface area contributed by atoms with Crippen molar-refractivity contribution in [3.63, 3.8) is 0 Å². The monoisotopic (exact) mass is 395 g/mol. The third-order valence-electron chi connectivity index (χ3n) is 5.08. The molecule has 1 fully saturated rings. The molecule has 1 aromatic heterocycles. The lowest BCUT2D eigenvalue weighted by Gasteiger charge is -2.29. The molecular weight excluding hydrogens is 374 g/mol. The van der Waals surface area contributed by atoms with Crippen molar-refractivity contribution in [2.24, 2.45) is 5.92 Å². The van der Waals surface area contributed by atoms with E-state index in [1.54, 1.807) is 12.1 Å². The van der Waals surface area contributed by atoms with Crippen LogP contribution in [0.3, 0.4) is 0 Å². The third kappa shape index (κ3) is 4.25. The molecule has 1 aliphatic carbocycles. The first-order chi connectivity index (χ1) is 13.6. The molecule has 0 bridgehead atoms. The van der Waals surface area contributed by atoms with Gasteiger partial charge in [-0.2, -0.15) is 4.98 Å². The van der Waals surface area contributed by atoms with Crippen LogP contribution in [0.15, 0.2) is 59.1 Å². The fourth-order valence-electron chi connectivity index (χ4n) is 3.29. The highest BCUT2D eigenvalue weighted by Crippen LogP contribution is 2.34. The molecular formula is C22H22ClN3O2. The molecule has 5 nitrogen and oxygen atoms in total. The molecule has 0 N–H and O–H groups in total. The van der Waals surface area contributed by atoms with Gasteiger partial charge in [0.2, 0.25) is 17.6 Å². The van der Waals surface area contributed by atoms with Gasteiger partial charge in [-0.1, -0.05) is 59.2 Å². The third-order valence-corrected chi connectivity index (χ3v) is 5.31. The quantitative estimate of drug-likeness (QED) is 0.569. The Labute approximate surface area is 169 Å². The summed E-state index contributed by atoms with van der Waals surface area (Å²) in [5.41, 5.74) is 1.94. The first-order valence-corrected chi connectivity index (χ1v) is 9.93. The molecule has 2 aromatic carbocycles. The average molecular weight is 396 g/mol. The largest absolute Gasteiger partial charge is 0.339 e. The van der Waals surface area contributed by atoms with Gasteiger partial charge in [0, 0.05) is 29.5 Å². The van der Waals surface area contributed by atoms with Crippen LogP contribution in [0.5, 0.6) is 0 Å². The highest BCUT2D eigenvalue weighted by atomic mass is 35.5. The zero-order valence-corrected chi connectivity index (χ0v) is 16.5. The van der Waals surface area contributed by atoms with Crippen molar-refractivity contribution in [1.29, 1.82) is 0 Å². The van der Waals surface area contributed by atoms with Crippen LogP contribution < -0.4 is 0 Å². The first kappa shape index (κ1) is 18.7. The van der Waals surface area contributed by atoms with E-state index in [-0.39, 0.29) is 17.9 Å². The van der Waals surface area contributed by atoms with Gasteiger partial charge in [-0.25, -0.2) is 0 Å². The van der Waals surface area contributed by atoms with Gasteiger partial charge in [0.15, 0.2) is 0 Å². The molecule has 0 spiro atoms. The topological polar surface area (TPSA) is 59.2 Å². The van der Waals surface area contributed by atoms with Gasteiger partial charge in [-0.05, 0) is 37.5 Å². The number of nitrogens with zero attached hydrogens (tertiary/aromatic N) is 3. The van der Waals surface area contributed by atoms with Crippen LogP contribution >= 0.6 is 11.6 Å². The van der Waals surface area contributed by atoms with Gasteiger partial charge in [-0.15, -0.1) is 0 Å². The minimum absolute atomic E-state index is 0.00428. The van der Waals surface area contributed by atoms with Crippen LogP contribution in [0.4, 0.5) is 0 Å². The van der Waals surface area contributed by atoms with Gasteiger partial charge >= 0.3 is 0 Å². The van der Waals surface area contributed by atoms with Crippen LogP contribution in [0.25, 0.3) is 11.4 Å². The van der Waals surface area contributed by atoms with Crippen LogP contribution in [-0.4, -0.2) is 27.5 Å². The molecule has 1 aliphatic rings. The van der Waals surface area contributed by atoms with Gasteiger partial charge < -0.3 is 9.42 Å². The molecule has 0 unspecified atom stereocenters. The lowest BCUT2D eigenvalue weighted by molar-refractivity contribution is -0.134. The second-order valence-electron chi connectivity index (χ2n) is 7.16. The van der Waals surface area contributed by atoms with Crippen molar-refractivity contribution >= 4 is 17.5 Å². The Bertz CT molecular complexity index is 953. The number of aromatic nitrogens is 2. The van der Waals surface area contributed by atoms with Gasteiger partial charge in [0.1, 0.15) is 0 Å². The smallest absolute Gasteiger partial charge is 0.228 e. The summed E-state index contributed by atoms with van der Waals surface area (Å²) in [7, 11) is 0. The molecule has 144 valence electrons. The van der Waals surface area contributed by atoms with Crippen LogP contribution in [0, 0.1) is 5.92 Å². The van der Waals surface area contributed by atoms with Crippen LogP contribution in [0.2, 0.25) is 5.02 Å². The van der Waals surface area contributed by atoms with Crippen molar-refractivity contribution in [2.45, 2.75) is 32.2 Å². The number of carbonyl (C=O) groups is 1. The summed E-state index contributed by atoms with van der Waals surface area (Å²) in [6.07, 6.45) is 2.48. The highest BCUT2D eigenvalue weighted by Gasteiger charge is 2.35. The van der Waals surface area contributed by atoms with Crippen LogP contribution in [0.1, 0.15) is 37.3 Å². The number of rotatable bonds is 7. The molecule has 1 heterocycles. The molecule has 3 aromatic rings. The Morgan fingerprint density at radius 1 is 1.21 bits per heavy atom. The predicted octanol–water partition coefficient (Wildman–Crippen LogP) is 4.93. The second kappa shape index (κ2) is 8.15. The number of hydrogen-bond acceptors (Lipinski definition) is 4. The first-order valence-electron chi connectivity index (χ1n) is 9.56. The molecule has 1 saturated carbocycles. The van der Waals surface area contributed by atoms with Crippen molar-refractivity contribution < 1.29 is 9.32 Å². The summed E-state index contributed by atoms with van der Waals surface area (Å²) < 4.78 is 5.41. The summed E-state index contributed by atoms with van der Waals surface area (Å²) in [6.45, 7) is 2.61. The zero-order valence-electron chi connectivity index (χ0n) is 15.7. The van der Waals surface area contributed by atoms with E-state index < -0.39 is 0 Å². The van der Waals surface area contributed by atoms with Crippen molar-refractivity contribution in [1.82, 2.24) is 15.0 Å². The van der Waals surface area contributed by atoms with Crippen LogP contribution in [-0.2, 0) is 11.2 Å². The second-order valence-corrected chi connectivity index (χ2v) is 7.60. The zero-order chi connectivity index (χ0) is 19.5. The Balaban J connectivity index is 1.48. The molecule has 4 rings (SSSR count). The minimum atomic E-state index is 0.00428. The Morgan fingerprint density at radius 2 is 2.00 bits per heavy atom. The number of benzene rings is 2. The van der Waals surface area contributed by atoms with E-state index in [1.165, 1.54) is 0 Å². The van der Waals surface area contributed by atoms with E-state index in [2.05, 4.69) is 29.2 Å². The summed E-state index contributed by atoms with van der Waals surface area (Å²) in [6, 6.07) is 17.5. The van der Waals surface area contributed by atoms with E-state index in [0.29, 0.717) is 29.7 Å². The van der Waals surface area contributed by atoms with E-state index in [0.717, 1.165) is 24.0 Å². The molecule has 1 amide bonds. The molecule has 6 heteroatoms. The number of carbonyl (C=O) groups excluding carboxylic acids is 1. The Morgan fingerprint density at radius 3 is 2.71 bits per heavy atom. The van der Waals surface area contributed by atoms with Crippen molar-refractivity contribution in [3.8, 4) is 11.4 Å². The van der Waals surface area contributed by atoms with Crippen molar-refractivity contribution in [3.05, 3.63) is 71.1 Å². The lowest BCUT2D eigenvalue weighted by atomic mass is 10.1. The Hall–Kier alpha value is -2.66. The standard InChI is InChI=1S/C22H22ClN3O2/c1-15(16-6-3-2-4-7-16)26(22(27)17-10-11-17)13-12-20-24-21(25-28-20)18-8-5-9-19(23)14-18/h2-9,14-15,17H,10-13H2,1H3/t15-/m0/s1. The molecule has 28 heavy (non-hydrogen) atoms. The predicted molar refractivity (Wildman–Crippen MR) is 108 cm³/mol. The van der Waals surface area contributed by atoms with Gasteiger partial charge in [0.25, 0.3) is 0 Å². The highest BCUT2D eigenvalue weighted by molar-refractivity contribution is 6.30. The van der Waals surface area contributed by atoms with E-state index >= 15 is 0 Å². The normalized spacial score (nSPS) is 14.6. The molecule has 0 saturated heterocycles. The molecule has 0 aliphatic heterocycles. The number of hydrogen-bond donors (Lipinski definition) is 0. The number of halogens is 1. The maximum absolute atomic E-state index is 12.9. The fourth-order valence-corrected chi connectivity index (χ4v) is 3.48.